The summed E-state index contributed by atoms with van der Waals surface area (Å²) in [6, 6.07) is 14.5. The number of carbonyl (C=O) groups excluding carboxylic acids is 1. The van der Waals surface area contributed by atoms with E-state index in [1.165, 1.54) is 23.5 Å². The normalized spacial score (nSPS) is 21.7. The Labute approximate surface area is 265 Å². The SMILES string of the molecule is COc1ccc(S(=O)(=O)N(CC(O)[C@H](Cc2ccccc2)NC(=O)OC2COC3OCCC23)CC(C)(C)CC/C(C)=N/O)cc1. The summed E-state index contributed by atoms with van der Waals surface area (Å²) in [4.78, 5) is 13.2. The summed E-state index contributed by atoms with van der Waals surface area (Å²) in [6.07, 6.45) is -0.947. The monoisotopic (exact) mass is 647 g/mol. The number of amides is 1. The predicted octanol–water partition coefficient (Wildman–Crippen LogP) is 3.80. The molecule has 2 heterocycles. The number of sulfonamides is 1. The zero-order valence-electron chi connectivity index (χ0n) is 26.3. The van der Waals surface area contributed by atoms with E-state index in [4.69, 9.17) is 24.2 Å². The summed E-state index contributed by atoms with van der Waals surface area (Å²) < 4.78 is 51.4. The molecule has 4 unspecified atom stereocenters. The van der Waals surface area contributed by atoms with Gasteiger partial charge < -0.3 is 34.6 Å². The molecule has 2 aliphatic rings. The Bertz CT molecular complexity index is 1390. The number of fused-ring (bicyclic) bond motifs is 1. The zero-order valence-corrected chi connectivity index (χ0v) is 27.1. The minimum atomic E-state index is -4.10. The maximum absolute atomic E-state index is 14.1. The Hall–Kier alpha value is -3.23. The Morgan fingerprint density at radius 3 is 2.53 bits per heavy atom. The third kappa shape index (κ3) is 9.39. The van der Waals surface area contributed by atoms with Crippen LogP contribution < -0.4 is 10.1 Å². The smallest absolute Gasteiger partial charge is 0.407 e. The summed E-state index contributed by atoms with van der Waals surface area (Å²) in [5.74, 6) is 0.452. The van der Waals surface area contributed by atoms with E-state index in [9.17, 15) is 18.3 Å². The van der Waals surface area contributed by atoms with Crippen LogP contribution in [-0.2, 0) is 30.7 Å². The maximum Gasteiger partial charge on any atom is 0.407 e. The van der Waals surface area contributed by atoms with Crippen LogP contribution in [-0.4, -0.2) is 92.8 Å². The van der Waals surface area contributed by atoms with Crippen LogP contribution in [0.3, 0.4) is 0 Å². The molecule has 3 N–H and O–H groups in total. The number of oxime groups is 1. The lowest BCUT2D eigenvalue weighted by atomic mass is 9.86. The van der Waals surface area contributed by atoms with Crippen LogP contribution in [0, 0.1) is 11.3 Å². The minimum absolute atomic E-state index is 0.0425. The van der Waals surface area contributed by atoms with E-state index in [1.54, 1.807) is 19.1 Å². The number of hydrogen-bond acceptors (Lipinski definition) is 10. The highest BCUT2D eigenvalue weighted by atomic mass is 32.2. The summed E-state index contributed by atoms with van der Waals surface area (Å²) in [7, 11) is -2.60. The number of rotatable bonds is 15. The van der Waals surface area contributed by atoms with E-state index in [0.717, 1.165) is 12.0 Å². The molecule has 0 radical (unpaired) electrons. The highest BCUT2D eigenvalue weighted by Crippen LogP contribution is 2.33. The molecule has 4 rings (SSSR count). The topological polar surface area (TPSA) is 156 Å². The molecule has 0 bridgehead atoms. The third-order valence-electron chi connectivity index (χ3n) is 8.34. The van der Waals surface area contributed by atoms with Gasteiger partial charge in [0.25, 0.3) is 0 Å². The van der Waals surface area contributed by atoms with Crippen LogP contribution in [0.5, 0.6) is 5.75 Å². The number of aliphatic hydroxyl groups is 1. The van der Waals surface area contributed by atoms with Gasteiger partial charge in [0.1, 0.15) is 11.9 Å². The van der Waals surface area contributed by atoms with E-state index >= 15 is 0 Å². The van der Waals surface area contributed by atoms with Crippen molar-refractivity contribution in [3.63, 3.8) is 0 Å². The van der Waals surface area contributed by atoms with Gasteiger partial charge in [0.15, 0.2) is 6.29 Å². The van der Waals surface area contributed by atoms with Gasteiger partial charge in [-0.15, -0.1) is 0 Å². The van der Waals surface area contributed by atoms with Crippen molar-refractivity contribution in [2.45, 2.75) is 75.9 Å². The van der Waals surface area contributed by atoms with Crippen LogP contribution in [0.25, 0.3) is 0 Å². The van der Waals surface area contributed by atoms with E-state index in [1.807, 2.05) is 44.2 Å². The van der Waals surface area contributed by atoms with Gasteiger partial charge in [-0.2, -0.15) is 4.31 Å². The molecular formula is C32H45N3O9S. The molecule has 0 aliphatic carbocycles. The van der Waals surface area contributed by atoms with E-state index in [2.05, 4.69) is 10.5 Å². The molecule has 0 saturated carbocycles. The lowest BCUT2D eigenvalue weighted by Gasteiger charge is -2.35. The highest BCUT2D eigenvalue weighted by molar-refractivity contribution is 7.89. The van der Waals surface area contributed by atoms with Crippen molar-refractivity contribution in [3.8, 4) is 5.75 Å². The van der Waals surface area contributed by atoms with Gasteiger partial charge in [-0.3, -0.25) is 0 Å². The molecule has 13 heteroatoms. The quantitative estimate of drug-likeness (QED) is 0.149. The molecule has 5 atom stereocenters. The summed E-state index contributed by atoms with van der Waals surface area (Å²) in [5, 5.41) is 26.8. The molecule has 45 heavy (non-hydrogen) atoms. The number of benzene rings is 2. The van der Waals surface area contributed by atoms with Crippen LogP contribution in [0.2, 0.25) is 0 Å². The molecular weight excluding hydrogens is 602 g/mol. The summed E-state index contributed by atoms with van der Waals surface area (Å²) in [6.45, 7) is 6.05. The fraction of sp³-hybridized carbons (Fsp3) is 0.562. The average Bonchev–Trinajstić information content (AvgIpc) is 3.65. The molecule has 2 aromatic carbocycles. The molecule has 0 aromatic heterocycles. The molecule has 2 aromatic rings. The lowest BCUT2D eigenvalue weighted by molar-refractivity contribution is -0.0907. The van der Waals surface area contributed by atoms with Gasteiger partial charge in [0.05, 0.1) is 49.0 Å². The first kappa shape index (κ1) is 34.6. The van der Waals surface area contributed by atoms with Crippen LogP contribution >= 0.6 is 0 Å². The van der Waals surface area contributed by atoms with Gasteiger partial charge in [-0.25, -0.2) is 13.2 Å². The van der Waals surface area contributed by atoms with Crippen molar-refractivity contribution in [2.24, 2.45) is 16.5 Å². The van der Waals surface area contributed by atoms with Crippen LogP contribution in [0.15, 0.2) is 64.6 Å². The second kappa shape index (κ2) is 15.4. The third-order valence-corrected chi connectivity index (χ3v) is 10.2. The maximum atomic E-state index is 14.1. The van der Waals surface area contributed by atoms with Crippen molar-refractivity contribution < 1.29 is 42.5 Å². The van der Waals surface area contributed by atoms with Gasteiger partial charge >= 0.3 is 6.09 Å². The van der Waals surface area contributed by atoms with Crippen molar-refractivity contribution >= 4 is 21.8 Å². The number of hydrogen-bond donors (Lipinski definition) is 3. The summed E-state index contributed by atoms with van der Waals surface area (Å²) in [5.41, 5.74) is 0.815. The van der Waals surface area contributed by atoms with E-state index in [0.29, 0.717) is 30.9 Å². The summed E-state index contributed by atoms with van der Waals surface area (Å²) >= 11 is 0. The minimum Gasteiger partial charge on any atom is -0.497 e. The van der Waals surface area contributed by atoms with Gasteiger partial charge in [0.2, 0.25) is 10.0 Å². The molecule has 0 spiro atoms. The first-order valence-electron chi connectivity index (χ1n) is 15.2. The fourth-order valence-corrected chi connectivity index (χ4v) is 7.27. The Kier molecular flexibility index (Phi) is 11.8. The van der Waals surface area contributed by atoms with Crippen molar-refractivity contribution in [3.05, 3.63) is 60.2 Å². The van der Waals surface area contributed by atoms with Crippen LogP contribution in [0.1, 0.15) is 45.6 Å². The average molecular weight is 648 g/mol. The Balaban J connectivity index is 1.57. The van der Waals surface area contributed by atoms with E-state index < -0.39 is 39.8 Å². The number of methoxy groups -OCH3 is 1. The lowest BCUT2D eigenvalue weighted by Crippen LogP contribution is -2.52. The molecule has 2 saturated heterocycles. The molecule has 2 fully saturated rings. The number of nitrogens with zero attached hydrogens (tertiary/aromatic N) is 2. The first-order chi connectivity index (χ1) is 21.4. The number of alkyl carbamates (subject to hydrolysis) is 1. The Morgan fingerprint density at radius 1 is 1.16 bits per heavy atom. The van der Waals surface area contributed by atoms with Crippen molar-refractivity contribution in [1.29, 1.82) is 0 Å². The molecule has 248 valence electrons. The second-order valence-corrected chi connectivity index (χ2v) is 14.4. The molecule has 12 nitrogen and oxygen atoms in total. The fourth-order valence-electron chi connectivity index (χ4n) is 5.63. The van der Waals surface area contributed by atoms with Crippen molar-refractivity contribution in [2.75, 3.05) is 33.4 Å². The van der Waals surface area contributed by atoms with Gasteiger partial charge in [-0.1, -0.05) is 49.3 Å². The number of aliphatic hydroxyl groups excluding tert-OH is 1. The molecule has 2 aliphatic heterocycles. The number of nitrogens with one attached hydrogen (secondary N) is 1. The Morgan fingerprint density at radius 2 is 1.87 bits per heavy atom. The van der Waals surface area contributed by atoms with Gasteiger partial charge in [-0.05, 0) is 67.9 Å². The predicted molar refractivity (Wildman–Crippen MR) is 167 cm³/mol. The second-order valence-electron chi connectivity index (χ2n) is 12.4. The van der Waals surface area contributed by atoms with Gasteiger partial charge in [0, 0.05) is 13.1 Å². The zero-order chi connectivity index (χ0) is 32.6. The number of carbonyl (C=O) groups is 1. The molecule has 1 amide bonds. The van der Waals surface area contributed by atoms with Crippen molar-refractivity contribution in [1.82, 2.24) is 9.62 Å². The van der Waals surface area contributed by atoms with Crippen LogP contribution in [0.4, 0.5) is 4.79 Å². The standard InChI is InChI=1S/C32H45N3O9S/c1-22(34-38)14-16-32(2,3)21-35(45(39,40)25-12-10-24(41-4)11-13-25)19-28(36)27(18-23-8-6-5-7-9-23)33-31(37)44-29-20-43-30-26(29)15-17-42-30/h5-13,26-30,36,38H,14-21H2,1-4H3,(H,33,37)/b34-22+/t26?,27-,28?,29?,30?/m0/s1. The highest BCUT2D eigenvalue weighted by Gasteiger charge is 2.44. The largest absolute Gasteiger partial charge is 0.497 e. The number of ether oxygens (including phenoxy) is 4. The first-order valence-corrected chi connectivity index (χ1v) is 16.6. The van der Waals surface area contributed by atoms with E-state index in [-0.39, 0.29) is 43.2 Å².